The first-order valence-electron chi connectivity index (χ1n) is 2.91. The summed E-state index contributed by atoms with van der Waals surface area (Å²) in [7, 11) is 0. The Morgan fingerprint density at radius 1 is 1.75 bits per heavy atom. The molecule has 0 aromatic heterocycles. The zero-order valence-electron chi connectivity index (χ0n) is 5.22. The van der Waals surface area contributed by atoms with Crippen LogP contribution >= 0.6 is 0 Å². The Morgan fingerprint density at radius 2 is 2.38 bits per heavy atom. The van der Waals surface area contributed by atoms with Crippen molar-refractivity contribution in [2.75, 3.05) is 6.54 Å². The monoisotopic (exact) mass is 118 g/mol. The lowest BCUT2D eigenvalue weighted by atomic mass is 10.2. The molecule has 0 saturated carbocycles. The van der Waals surface area contributed by atoms with Gasteiger partial charge in [0.1, 0.15) is 0 Å². The molecule has 0 rings (SSSR count). The Kier molecular flexibility index (Phi) is 4.95. The first-order chi connectivity index (χ1) is 3.81. The summed E-state index contributed by atoms with van der Waals surface area (Å²) in [6.07, 6.45) is 1.90. The van der Waals surface area contributed by atoms with E-state index < -0.39 is 0 Å². The third-order valence-corrected chi connectivity index (χ3v) is 1.06. The molecule has 1 atom stereocenters. The largest absolute Gasteiger partial charge is 0.330 e. The molecule has 1 unspecified atom stereocenters. The standard InChI is InChI=1S/C5H14N2O/c1-5(7-8)3-2-4-6/h5,7-8H,2-4,6H2,1H3. The highest BCUT2D eigenvalue weighted by molar-refractivity contribution is 4.53. The van der Waals surface area contributed by atoms with Crippen LogP contribution in [0.2, 0.25) is 0 Å². The van der Waals surface area contributed by atoms with Crippen LogP contribution in [0.3, 0.4) is 0 Å². The van der Waals surface area contributed by atoms with Crippen molar-refractivity contribution in [3.05, 3.63) is 0 Å². The zero-order valence-corrected chi connectivity index (χ0v) is 5.22. The van der Waals surface area contributed by atoms with Crippen molar-refractivity contribution >= 4 is 0 Å². The summed E-state index contributed by atoms with van der Waals surface area (Å²) >= 11 is 0. The second-order valence-electron chi connectivity index (χ2n) is 1.96. The highest BCUT2D eigenvalue weighted by Crippen LogP contribution is 1.91. The van der Waals surface area contributed by atoms with Crippen LogP contribution in [0.25, 0.3) is 0 Å². The van der Waals surface area contributed by atoms with Crippen LogP contribution in [0, 0.1) is 0 Å². The summed E-state index contributed by atoms with van der Waals surface area (Å²) in [6, 6.07) is 0.179. The van der Waals surface area contributed by atoms with Crippen LogP contribution in [0.5, 0.6) is 0 Å². The van der Waals surface area contributed by atoms with E-state index in [-0.39, 0.29) is 6.04 Å². The van der Waals surface area contributed by atoms with Crippen molar-refractivity contribution in [1.82, 2.24) is 5.48 Å². The van der Waals surface area contributed by atoms with Crippen molar-refractivity contribution in [3.63, 3.8) is 0 Å². The molecule has 3 nitrogen and oxygen atoms in total. The number of rotatable bonds is 4. The van der Waals surface area contributed by atoms with Gasteiger partial charge in [0.15, 0.2) is 0 Å². The maximum absolute atomic E-state index is 8.27. The molecular weight excluding hydrogens is 104 g/mol. The molecule has 0 aromatic rings. The molecule has 4 N–H and O–H groups in total. The van der Waals surface area contributed by atoms with Crippen molar-refractivity contribution in [2.24, 2.45) is 5.73 Å². The maximum atomic E-state index is 8.27. The highest BCUT2D eigenvalue weighted by atomic mass is 16.5. The van der Waals surface area contributed by atoms with E-state index in [9.17, 15) is 0 Å². The van der Waals surface area contributed by atoms with Crippen LogP contribution in [0.15, 0.2) is 0 Å². The van der Waals surface area contributed by atoms with Crippen LogP contribution in [0.4, 0.5) is 0 Å². The van der Waals surface area contributed by atoms with E-state index >= 15 is 0 Å². The normalized spacial score (nSPS) is 13.9. The fourth-order valence-corrected chi connectivity index (χ4v) is 0.489. The lowest BCUT2D eigenvalue weighted by Gasteiger charge is -2.05. The van der Waals surface area contributed by atoms with Gasteiger partial charge in [-0.1, -0.05) is 0 Å². The summed E-state index contributed by atoms with van der Waals surface area (Å²) in [5.41, 5.74) is 7.37. The van der Waals surface area contributed by atoms with Crippen molar-refractivity contribution in [1.29, 1.82) is 0 Å². The van der Waals surface area contributed by atoms with Crippen molar-refractivity contribution in [2.45, 2.75) is 25.8 Å². The molecule has 0 fully saturated rings. The smallest absolute Gasteiger partial charge is 0.0291 e. The predicted molar refractivity (Wildman–Crippen MR) is 32.7 cm³/mol. The van der Waals surface area contributed by atoms with Gasteiger partial charge in [-0.15, -0.1) is 0 Å². The molecule has 0 aliphatic heterocycles. The van der Waals surface area contributed by atoms with E-state index in [1.165, 1.54) is 0 Å². The van der Waals surface area contributed by atoms with Gasteiger partial charge in [-0.3, -0.25) is 0 Å². The van der Waals surface area contributed by atoms with Gasteiger partial charge < -0.3 is 10.9 Å². The molecule has 3 heteroatoms. The fraction of sp³-hybridized carbons (Fsp3) is 1.00. The fourth-order valence-electron chi connectivity index (χ4n) is 0.489. The molecule has 0 spiro atoms. The molecule has 8 heavy (non-hydrogen) atoms. The Bertz CT molecular complexity index is 49.7. The molecule has 0 saturated heterocycles. The van der Waals surface area contributed by atoms with E-state index in [1.54, 1.807) is 0 Å². The molecule has 0 heterocycles. The number of nitrogens with two attached hydrogens (primary N) is 1. The molecule has 0 amide bonds. The lowest BCUT2D eigenvalue weighted by Crippen LogP contribution is -2.22. The lowest BCUT2D eigenvalue weighted by molar-refractivity contribution is 0.128. The van der Waals surface area contributed by atoms with Crippen molar-refractivity contribution in [3.8, 4) is 0 Å². The Labute approximate surface area is 49.8 Å². The minimum atomic E-state index is 0.179. The topological polar surface area (TPSA) is 58.3 Å². The summed E-state index contributed by atoms with van der Waals surface area (Å²) in [6.45, 7) is 2.61. The molecule has 0 radical (unpaired) electrons. The second kappa shape index (κ2) is 5.03. The summed E-state index contributed by atoms with van der Waals surface area (Å²) in [4.78, 5) is 0. The number of nitrogens with one attached hydrogen (secondary N) is 1. The second-order valence-corrected chi connectivity index (χ2v) is 1.96. The van der Waals surface area contributed by atoms with E-state index in [0.29, 0.717) is 6.54 Å². The van der Waals surface area contributed by atoms with Gasteiger partial charge in [-0.2, -0.15) is 0 Å². The van der Waals surface area contributed by atoms with E-state index in [0.717, 1.165) is 12.8 Å². The first-order valence-corrected chi connectivity index (χ1v) is 2.91. The molecule has 0 aliphatic rings. The Balaban J connectivity index is 2.86. The van der Waals surface area contributed by atoms with Crippen LogP contribution in [0.1, 0.15) is 19.8 Å². The minimum Gasteiger partial charge on any atom is -0.330 e. The molecular formula is C5H14N2O. The van der Waals surface area contributed by atoms with E-state index in [1.807, 2.05) is 6.92 Å². The molecule has 50 valence electrons. The van der Waals surface area contributed by atoms with Gasteiger partial charge in [0.25, 0.3) is 0 Å². The van der Waals surface area contributed by atoms with Gasteiger partial charge in [-0.05, 0) is 26.3 Å². The van der Waals surface area contributed by atoms with E-state index in [2.05, 4.69) is 5.48 Å². The summed E-state index contributed by atoms with van der Waals surface area (Å²) in [5.74, 6) is 0. The van der Waals surface area contributed by atoms with Gasteiger partial charge in [0.2, 0.25) is 0 Å². The van der Waals surface area contributed by atoms with Crippen LogP contribution in [-0.4, -0.2) is 17.8 Å². The molecule has 0 aliphatic carbocycles. The maximum Gasteiger partial charge on any atom is 0.0291 e. The Morgan fingerprint density at radius 3 is 2.75 bits per heavy atom. The molecule has 0 bridgehead atoms. The third-order valence-electron chi connectivity index (χ3n) is 1.06. The number of hydrogen-bond acceptors (Lipinski definition) is 3. The quantitative estimate of drug-likeness (QED) is 0.459. The van der Waals surface area contributed by atoms with Gasteiger partial charge >= 0.3 is 0 Å². The average Bonchev–Trinajstić information content (AvgIpc) is 1.83. The number of hydroxylamine groups is 1. The van der Waals surface area contributed by atoms with Gasteiger partial charge in [0, 0.05) is 6.04 Å². The zero-order chi connectivity index (χ0) is 6.41. The average molecular weight is 118 g/mol. The summed E-state index contributed by atoms with van der Waals surface area (Å²) in [5, 5.41) is 8.27. The third kappa shape index (κ3) is 4.05. The minimum absolute atomic E-state index is 0.179. The highest BCUT2D eigenvalue weighted by Gasteiger charge is 1.94. The SMILES string of the molecule is CC(CCCN)NO. The summed E-state index contributed by atoms with van der Waals surface area (Å²) < 4.78 is 0. The Hall–Kier alpha value is -0.120. The van der Waals surface area contributed by atoms with Gasteiger partial charge in [0.05, 0.1) is 0 Å². The predicted octanol–water partition coefficient (Wildman–Crippen LogP) is 0.0926. The van der Waals surface area contributed by atoms with Crippen LogP contribution < -0.4 is 11.2 Å². The van der Waals surface area contributed by atoms with Crippen molar-refractivity contribution < 1.29 is 5.21 Å². The first kappa shape index (κ1) is 7.88. The number of hydrogen-bond donors (Lipinski definition) is 3. The van der Waals surface area contributed by atoms with Crippen LogP contribution in [-0.2, 0) is 0 Å². The molecule has 0 aromatic carbocycles. The van der Waals surface area contributed by atoms with E-state index in [4.69, 9.17) is 10.9 Å². The van der Waals surface area contributed by atoms with Gasteiger partial charge in [-0.25, -0.2) is 5.48 Å².